The average molecular weight is 431 g/mol. The van der Waals surface area contributed by atoms with Crippen LogP contribution >= 0.6 is 0 Å². The highest BCUT2D eigenvalue weighted by atomic mass is 19.1. The SMILES string of the molecule is C[C@H]1CCCN2C[C@]1(C)n1cc(C(=O)NCc3ccc(F)cc3F)c(=O)c(O)c1C2=O. The highest BCUT2D eigenvalue weighted by Crippen LogP contribution is 2.39. The summed E-state index contributed by atoms with van der Waals surface area (Å²) < 4.78 is 28.5. The zero-order chi connectivity index (χ0) is 22.5. The minimum absolute atomic E-state index is 0.0483. The van der Waals surface area contributed by atoms with E-state index in [1.54, 1.807) is 9.47 Å². The third-order valence-corrected chi connectivity index (χ3v) is 6.56. The van der Waals surface area contributed by atoms with E-state index >= 15 is 0 Å². The van der Waals surface area contributed by atoms with Crippen molar-refractivity contribution in [2.45, 2.75) is 38.8 Å². The molecule has 164 valence electrons. The summed E-state index contributed by atoms with van der Waals surface area (Å²) in [6, 6.07) is 2.96. The number of nitrogens with zero attached hydrogens (tertiary/aromatic N) is 2. The van der Waals surface area contributed by atoms with Crippen molar-refractivity contribution in [2.75, 3.05) is 13.1 Å². The molecule has 2 aliphatic rings. The number of nitrogens with one attached hydrogen (secondary N) is 1. The Labute approximate surface area is 177 Å². The molecule has 0 radical (unpaired) electrons. The zero-order valence-corrected chi connectivity index (χ0v) is 17.2. The molecule has 0 saturated carbocycles. The lowest BCUT2D eigenvalue weighted by atomic mass is 9.82. The Bertz CT molecular complexity index is 1150. The number of fused-ring (bicyclic) bond motifs is 4. The smallest absolute Gasteiger partial charge is 0.274 e. The van der Waals surface area contributed by atoms with E-state index in [4.69, 9.17) is 0 Å². The third-order valence-electron chi connectivity index (χ3n) is 6.56. The molecule has 2 aliphatic heterocycles. The normalized spacial score (nSPS) is 22.6. The number of carbonyl (C=O) groups is 2. The first-order chi connectivity index (χ1) is 14.6. The number of hydrogen-bond donors (Lipinski definition) is 2. The van der Waals surface area contributed by atoms with Crippen LogP contribution in [-0.4, -0.2) is 39.5 Å². The first kappa shape index (κ1) is 21.0. The molecule has 1 fully saturated rings. The van der Waals surface area contributed by atoms with Crippen LogP contribution in [0.25, 0.3) is 0 Å². The van der Waals surface area contributed by atoms with Crippen molar-refractivity contribution in [3.63, 3.8) is 0 Å². The molecule has 0 unspecified atom stereocenters. The third kappa shape index (κ3) is 3.37. The predicted molar refractivity (Wildman–Crippen MR) is 108 cm³/mol. The second kappa shape index (κ2) is 7.47. The number of halogens is 2. The molecule has 7 nitrogen and oxygen atoms in total. The minimum Gasteiger partial charge on any atom is -0.503 e. The lowest BCUT2D eigenvalue weighted by Gasteiger charge is -2.45. The lowest BCUT2D eigenvalue weighted by Crippen LogP contribution is -2.54. The summed E-state index contributed by atoms with van der Waals surface area (Å²) in [6.45, 7) is 4.65. The van der Waals surface area contributed by atoms with Gasteiger partial charge in [-0.3, -0.25) is 14.4 Å². The van der Waals surface area contributed by atoms with Crippen molar-refractivity contribution < 1.29 is 23.5 Å². The molecule has 2 bridgehead atoms. The summed E-state index contributed by atoms with van der Waals surface area (Å²) in [6.07, 6.45) is 2.96. The van der Waals surface area contributed by atoms with Gasteiger partial charge in [-0.1, -0.05) is 13.0 Å². The molecule has 31 heavy (non-hydrogen) atoms. The van der Waals surface area contributed by atoms with E-state index in [9.17, 15) is 28.3 Å². The molecule has 0 aliphatic carbocycles. The molecule has 0 spiro atoms. The first-order valence-corrected chi connectivity index (χ1v) is 10.1. The van der Waals surface area contributed by atoms with Gasteiger partial charge in [0.1, 0.15) is 17.2 Å². The summed E-state index contributed by atoms with van der Waals surface area (Å²) >= 11 is 0. The van der Waals surface area contributed by atoms with Crippen molar-refractivity contribution in [3.05, 3.63) is 63.1 Å². The Hall–Kier alpha value is -3.23. The monoisotopic (exact) mass is 431 g/mol. The van der Waals surface area contributed by atoms with E-state index in [2.05, 4.69) is 5.32 Å². The Morgan fingerprint density at radius 3 is 2.77 bits per heavy atom. The van der Waals surface area contributed by atoms with Gasteiger partial charge in [0.05, 0.1) is 5.54 Å². The predicted octanol–water partition coefficient (Wildman–Crippen LogP) is 2.36. The Morgan fingerprint density at radius 1 is 1.32 bits per heavy atom. The van der Waals surface area contributed by atoms with Gasteiger partial charge in [0.25, 0.3) is 11.8 Å². The molecule has 2 amide bonds. The minimum atomic E-state index is -0.965. The van der Waals surface area contributed by atoms with Gasteiger partial charge in [-0.05, 0) is 31.7 Å². The number of rotatable bonds is 3. The fourth-order valence-corrected chi connectivity index (χ4v) is 4.46. The summed E-state index contributed by atoms with van der Waals surface area (Å²) in [5.74, 6) is -3.47. The van der Waals surface area contributed by atoms with Gasteiger partial charge in [0.15, 0.2) is 11.4 Å². The number of amides is 2. The largest absolute Gasteiger partial charge is 0.503 e. The van der Waals surface area contributed by atoms with E-state index in [-0.39, 0.29) is 29.3 Å². The summed E-state index contributed by atoms with van der Waals surface area (Å²) in [7, 11) is 0. The maximum absolute atomic E-state index is 13.8. The van der Waals surface area contributed by atoms with Gasteiger partial charge in [-0.25, -0.2) is 8.78 Å². The van der Waals surface area contributed by atoms with E-state index in [1.807, 2.05) is 13.8 Å². The average Bonchev–Trinajstić information content (AvgIpc) is 2.85. The number of aromatic nitrogens is 1. The fourth-order valence-electron chi connectivity index (χ4n) is 4.46. The van der Waals surface area contributed by atoms with Crippen LogP contribution in [-0.2, 0) is 12.1 Å². The summed E-state index contributed by atoms with van der Waals surface area (Å²) in [4.78, 5) is 40.0. The van der Waals surface area contributed by atoms with Crippen LogP contribution in [0.2, 0.25) is 0 Å². The van der Waals surface area contributed by atoms with Crippen LogP contribution in [0.15, 0.2) is 29.2 Å². The van der Waals surface area contributed by atoms with Crippen molar-refractivity contribution in [1.82, 2.24) is 14.8 Å². The van der Waals surface area contributed by atoms with Crippen LogP contribution in [0.1, 0.15) is 53.1 Å². The van der Waals surface area contributed by atoms with E-state index in [1.165, 1.54) is 12.3 Å². The number of pyridine rings is 1. The molecule has 1 aromatic carbocycles. The standard InChI is InChI=1S/C22H23F2N3O4/c1-12-4-3-7-26-11-22(12,2)27-10-15(18(28)19(29)17(27)21(26)31)20(30)25-9-13-5-6-14(23)8-16(13)24/h5-6,8,10,12,29H,3-4,7,9,11H2,1-2H3,(H,25,30)/t12-,22-/m0/s1. The van der Waals surface area contributed by atoms with Crippen LogP contribution in [0, 0.1) is 17.6 Å². The van der Waals surface area contributed by atoms with Crippen LogP contribution in [0.3, 0.4) is 0 Å². The Kier molecular flexibility index (Phi) is 5.07. The van der Waals surface area contributed by atoms with E-state index < -0.39 is 40.2 Å². The van der Waals surface area contributed by atoms with Crippen LogP contribution in [0.4, 0.5) is 8.78 Å². The maximum Gasteiger partial charge on any atom is 0.274 e. The summed E-state index contributed by atoms with van der Waals surface area (Å²) in [5, 5.41) is 13.0. The molecule has 1 saturated heterocycles. The van der Waals surface area contributed by atoms with Gasteiger partial charge in [-0.15, -0.1) is 0 Å². The molecule has 3 heterocycles. The molecule has 1 aromatic heterocycles. The Morgan fingerprint density at radius 2 is 2.06 bits per heavy atom. The molecule has 2 N–H and O–H groups in total. The molecular formula is C22H23F2N3O4. The lowest BCUT2D eigenvalue weighted by molar-refractivity contribution is 0.0532. The quantitative estimate of drug-likeness (QED) is 0.781. The molecule has 9 heteroatoms. The van der Waals surface area contributed by atoms with E-state index in [0.29, 0.717) is 19.2 Å². The second-order valence-corrected chi connectivity index (χ2v) is 8.48. The van der Waals surface area contributed by atoms with Crippen molar-refractivity contribution in [2.24, 2.45) is 5.92 Å². The highest BCUT2D eigenvalue weighted by Gasteiger charge is 2.46. The van der Waals surface area contributed by atoms with Gasteiger partial charge < -0.3 is 19.9 Å². The van der Waals surface area contributed by atoms with Crippen molar-refractivity contribution in [3.8, 4) is 5.75 Å². The number of benzene rings is 1. The number of carbonyl (C=O) groups excluding carboxylic acids is 2. The van der Waals surface area contributed by atoms with Gasteiger partial charge >= 0.3 is 0 Å². The van der Waals surface area contributed by atoms with Gasteiger partial charge in [0.2, 0.25) is 5.43 Å². The molecule has 4 rings (SSSR count). The summed E-state index contributed by atoms with van der Waals surface area (Å²) in [5.41, 5.74) is -1.99. The zero-order valence-electron chi connectivity index (χ0n) is 17.2. The second-order valence-electron chi connectivity index (χ2n) is 8.48. The van der Waals surface area contributed by atoms with Crippen LogP contribution < -0.4 is 10.7 Å². The van der Waals surface area contributed by atoms with Crippen molar-refractivity contribution >= 4 is 11.8 Å². The number of hydrogen-bond acceptors (Lipinski definition) is 4. The van der Waals surface area contributed by atoms with Crippen LogP contribution in [0.5, 0.6) is 5.75 Å². The topological polar surface area (TPSA) is 91.6 Å². The first-order valence-electron chi connectivity index (χ1n) is 10.1. The molecule has 2 atom stereocenters. The van der Waals surface area contributed by atoms with Gasteiger partial charge in [-0.2, -0.15) is 0 Å². The highest BCUT2D eigenvalue weighted by molar-refractivity contribution is 5.99. The maximum atomic E-state index is 13.8. The van der Waals surface area contributed by atoms with Gasteiger partial charge in [0, 0.05) is 37.5 Å². The number of aromatic hydroxyl groups is 1. The Balaban J connectivity index is 1.73. The molecular weight excluding hydrogens is 408 g/mol. The molecule has 2 aromatic rings. The van der Waals surface area contributed by atoms with E-state index in [0.717, 1.165) is 18.9 Å². The fraction of sp³-hybridized carbons (Fsp3) is 0.409. The van der Waals surface area contributed by atoms with Crippen molar-refractivity contribution in [1.29, 1.82) is 0 Å².